The molecule has 4 nitrogen and oxygen atoms in total. The van der Waals surface area contributed by atoms with Crippen LogP contribution in [0.1, 0.15) is 16.7 Å². The summed E-state index contributed by atoms with van der Waals surface area (Å²) < 4.78 is 18.8. The Morgan fingerprint density at radius 2 is 2.05 bits per heavy atom. The van der Waals surface area contributed by atoms with Crippen molar-refractivity contribution in [3.8, 4) is 23.7 Å². The number of halogens is 1. The van der Waals surface area contributed by atoms with E-state index < -0.39 is 5.82 Å². The summed E-state index contributed by atoms with van der Waals surface area (Å²) in [6.07, 6.45) is 3.06. The number of hydrogen-bond acceptors (Lipinski definition) is 4. The Hall–Kier alpha value is -2.89. The molecule has 0 amide bonds. The summed E-state index contributed by atoms with van der Waals surface area (Å²) >= 11 is 0. The van der Waals surface area contributed by atoms with Gasteiger partial charge >= 0.3 is 0 Å². The zero-order valence-corrected chi connectivity index (χ0v) is 11.0. The largest absolute Gasteiger partial charge is 0.487 e. The predicted octanol–water partition coefficient (Wildman–Crippen LogP) is 2.02. The fourth-order valence-electron chi connectivity index (χ4n) is 1.67. The second-order valence-electron chi connectivity index (χ2n) is 4.12. The van der Waals surface area contributed by atoms with E-state index in [1.807, 2.05) is 6.07 Å². The smallest absolute Gasteiger partial charge is 0.139 e. The van der Waals surface area contributed by atoms with E-state index >= 15 is 0 Å². The minimum absolute atomic E-state index is 0.116. The molecule has 2 aromatic rings. The van der Waals surface area contributed by atoms with Gasteiger partial charge in [-0.25, -0.2) is 4.39 Å². The lowest BCUT2D eigenvalue weighted by Crippen LogP contribution is -1.98. The van der Waals surface area contributed by atoms with Crippen LogP contribution in [0.25, 0.3) is 0 Å². The van der Waals surface area contributed by atoms with Crippen LogP contribution in [0.4, 0.5) is 4.39 Å². The van der Waals surface area contributed by atoms with Gasteiger partial charge < -0.3 is 9.84 Å². The van der Waals surface area contributed by atoms with Gasteiger partial charge in [-0.15, -0.1) is 0 Å². The molecule has 104 valence electrons. The highest BCUT2D eigenvalue weighted by atomic mass is 19.1. The number of benzene rings is 1. The molecule has 1 heterocycles. The maximum atomic E-state index is 13.3. The number of hydrogen-bond donors (Lipinski definition) is 1. The molecule has 0 aliphatic heterocycles. The Bertz CT molecular complexity index is 742. The highest BCUT2D eigenvalue weighted by Crippen LogP contribution is 2.15. The van der Waals surface area contributed by atoms with Gasteiger partial charge in [-0.3, -0.25) is 4.98 Å². The van der Waals surface area contributed by atoms with Gasteiger partial charge in [0.15, 0.2) is 0 Å². The quantitative estimate of drug-likeness (QED) is 0.875. The summed E-state index contributed by atoms with van der Waals surface area (Å²) in [7, 11) is 0. The Morgan fingerprint density at radius 3 is 2.81 bits per heavy atom. The van der Waals surface area contributed by atoms with Crippen LogP contribution in [0.5, 0.6) is 5.75 Å². The molecule has 21 heavy (non-hydrogen) atoms. The molecule has 0 saturated carbocycles. The molecule has 0 bridgehead atoms. The topological polar surface area (TPSA) is 66.1 Å². The van der Waals surface area contributed by atoms with E-state index in [9.17, 15) is 4.39 Å². The summed E-state index contributed by atoms with van der Waals surface area (Å²) in [5.74, 6) is 5.22. The fraction of sp³-hybridized carbons (Fsp3) is 0.125. The number of nitrogens with zero attached hydrogens (tertiary/aromatic N) is 2. The van der Waals surface area contributed by atoms with Gasteiger partial charge in [-0.2, -0.15) is 5.26 Å². The summed E-state index contributed by atoms with van der Waals surface area (Å²) in [4.78, 5) is 3.97. The van der Waals surface area contributed by atoms with Crippen LogP contribution in [-0.4, -0.2) is 16.7 Å². The Morgan fingerprint density at radius 1 is 1.19 bits per heavy atom. The third-order valence-corrected chi connectivity index (χ3v) is 2.52. The minimum Gasteiger partial charge on any atom is -0.487 e. The lowest BCUT2D eigenvalue weighted by atomic mass is 10.1. The van der Waals surface area contributed by atoms with E-state index in [0.717, 1.165) is 6.07 Å². The maximum absolute atomic E-state index is 13.3. The van der Waals surface area contributed by atoms with Crippen molar-refractivity contribution >= 4 is 0 Å². The average molecular weight is 282 g/mol. The van der Waals surface area contributed by atoms with Crippen molar-refractivity contribution < 1.29 is 14.2 Å². The molecule has 0 atom stereocenters. The lowest BCUT2D eigenvalue weighted by Gasteiger charge is -2.06. The molecule has 0 spiro atoms. The first-order valence-corrected chi connectivity index (χ1v) is 6.08. The number of ether oxygens (including phenoxy) is 1. The Kier molecular flexibility index (Phi) is 4.87. The normalized spacial score (nSPS) is 9.38. The highest BCUT2D eigenvalue weighted by molar-refractivity contribution is 5.37. The number of aliphatic hydroxyl groups excluding tert-OH is 1. The van der Waals surface area contributed by atoms with Crippen molar-refractivity contribution in [2.45, 2.75) is 6.61 Å². The monoisotopic (exact) mass is 282 g/mol. The Balaban J connectivity index is 2.10. The van der Waals surface area contributed by atoms with Crippen LogP contribution in [0.3, 0.4) is 0 Å². The SMILES string of the molecule is N#Cc1cc(F)cc(COc2cncc(C#CCO)c2)c1. The second kappa shape index (κ2) is 7.04. The number of aromatic nitrogens is 1. The predicted molar refractivity (Wildman–Crippen MR) is 73.6 cm³/mol. The summed E-state index contributed by atoms with van der Waals surface area (Å²) in [6, 6.07) is 7.59. The van der Waals surface area contributed by atoms with Crippen LogP contribution >= 0.6 is 0 Å². The van der Waals surface area contributed by atoms with Gasteiger partial charge in [0.05, 0.1) is 17.8 Å². The molecule has 5 heteroatoms. The van der Waals surface area contributed by atoms with E-state index in [2.05, 4.69) is 16.8 Å². The lowest BCUT2D eigenvalue weighted by molar-refractivity contribution is 0.304. The first-order chi connectivity index (χ1) is 10.2. The van der Waals surface area contributed by atoms with Gasteiger partial charge in [-0.1, -0.05) is 11.8 Å². The van der Waals surface area contributed by atoms with Crippen LogP contribution in [0, 0.1) is 29.0 Å². The van der Waals surface area contributed by atoms with E-state index in [1.54, 1.807) is 18.3 Å². The number of pyridine rings is 1. The number of nitriles is 1. The summed E-state index contributed by atoms with van der Waals surface area (Å²) in [6.45, 7) is -0.115. The molecule has 1 aromatic carbocycles. The first kappa shape index (κ1) is 14.5. The highest BCUT2D eigenvalue weighted by Gasteiger charge is 2.02. The van der Waals surface area contributed by atoms with Crippen LogP contribution in [0.15, 0.2) is 36.7 Å². The molecule has 1 N–H and O–H groups in total. The standard InChI is InChI=1S/C16H11FN2O2/c17-15-5-13(8-18)4-14(6-15)11-21-16-7-12(2-1-3-20)9-19-10-16/h4-7,9-10,20H,3,11H2. The van der Waals surface area contributed by atoms with Crippen molar-refractivity contribution in [3.05, 3.63) is 59.2 Å². The molecule has 0 radical (unpaired) electrons. The van der Waals surface area contributed by atoms with Crippen LogP contribution in [0.2, 0.25) is 0 Å². The first-order valence-electron chi connectivity index (χ1n) is 6.08. The molecule has 0 aliphatic carbocycles. The average Bonchev–Trinajstić information content (AvgIpc) is 2.51. The van der Waals surface area contributed by atoms with Gasteiger partial charge in [0.25, 0.3) is 0 Å². The van der Waals surface area contributed by atoms with E-state index in [1.165, 1.54) is 12.3 Å². The summed E-state index contributed by atoms with van der Waals surface area (Å²) in [5, 5.41) is 17.4. The zero-order chi connectivity index (χ0) is 15.1. The second-order valence-corrected chi connectivity index (χ2v) is 4.12. The maximum Gasteiger partial charge on any atom is 0.139 e. The summed E-state index contributed by atoms with van der Waals surface area (Å²) in [5.41, 5.74) is 1.41. The van der Waals surface area contributed by atoms with Gasteiger partial charge in [0.2, 0.25) is 0 Å². The molecule has 1 aromatic heterocycles. The zero-order valence-electron chi connectivity index (χ0n) is 11.0. The fourth-order valence-corrected chi connectivity index (χ4v) is 1.67. The molecule has 0 fully saturated rings. The third-order valence-electron chi connectivity index (χ3n) is 2.52. The number of rotatable bonds is 3. The van der Waals surface area contributed by atoms with Gasteiger partial charge in [-0.05, 0) is 29.8 Å². The number of aliphatic hydroxyl groups is 1. The third kappa shape index (κ3) is 4.31. The molecule has 0 aliphatic rings. The molecule has 0 unspecified atom stereocenters. The Labute approximate surface area is 121 Å². The van der Waals surface area contributed by atoms with E-state index in [0.29, 0.717) is 16.9 Å². The molecule has 2 rings (SSSR count). The van der Waals surface area contributed by atoms with Gasteiger partial charge in [0, 0.05) is 11.8 Å². The molecule has 0 saturated heterocycles. The van der Waals surface area contributed by atoms with Crippen molar-refractivity contribution in [2.75, 3.05) is 6.61 Å². The minimum atomic E-state index is -0.478. The van der Waals surface area contributed by atoms with Crippen molar-refractivity contribution in [3.63, 3.8) is 0 Å². The van der Waals surface area contributed by atoms with E-state index in [-0.39, 0.29) is 18.8 Å². The van der Waals surface area contributed by atoms with Crippen molar-refractivity contribution in [2.24, 2.45) is 0 Å². The molecular weight excluding hydrogens is 271 g/mol. The molecular formula is C16H11FN2O2. The van der Waals surface area contributed by atoms with Crippen LogP contribution < -0.4 is 4.74 Å². The van der Waals surface area contributed by atoms with Crippen molar-refractivity contribution in [1.29, 1.82) is 5.26 Å². The van der Waals surface area contributed by atoms with Gasteiger partial charge in [0.1, 0.15) is 24.8 Å². The van der Waals surface area contributed by atoms with Crippen molar-refractivity contribution in [1.82, 2.24) is 4.98 Å². The van der Waals surface area contributed by atoms with Crippen LogP contribution in [-0.2, 0) is 6.61 Å². The van der Waals surface area contributed by atoms with E-state index in [4.69, 9.17) is 15.1 Å².